The van der Waals surface area contributed by atoms with E-state index in [0.29, 0.717) is 16.9 Å². The van der Waals surface area contributed by atoms with E-state index in [9.17, 15) is 33.0 Å². The summed E-state index contributed by atoms with van der Waals surface area (Å²) in [5.41, 5.74) is 1.89. The molecule has 2 aromatic carbocycles. The Labute approximate surface area is 236 Å². The Balaban J connectivity index is 1.96. The number of carbonyl (C=O) groups excluding carboxylic acids is 2. The number of hydrogen-bond donors (Lipinski definition) is 3. The van der Waals surface area contributed by atoms with Crippen LogP contribution in [0.15, 0.2) is 36.4 Å². The van der Waals surface area contributed by atoms with Crippen molar-refractivity contribution in [1.82, 2.24) is 14.7 Å². The lowest BCUT2D eigenvalue weighted by Crippen LogP contribution is -2.51. The first-order valence-electron chi connectivity index (χ1n) is 13.2. The van der Waals surface area contributed by atoms with Gasteiger partial charge in [-0.1, -0.05) is 26.0 Å². The van der Waals surface area contributed by atoms with Gasteiger partial charge in [-0.05, 0) is 61.9 Å². The summed E-state index contributed by atoms with van der Waals surface area (Å²) in [5.74, 6) is -0.896. The Morgan fingerprint density at radius 1 is 1.05 bits per heavy atom. The van der Waals surface area contributed by atoms with Crippen LogP contribution in [-0.4, -0.2) is 56.0 Å². The van der Waals surface area contributed by atoms with Crippen LogP contribution in [0.3, 0.4) is 0 Å². The Kier molecular flexibility index (Phi) is 10.7. The van der Waals surface area contributed by atoms with Crippen molar-refractivity contribution in [2.24, 2.45) is 0 Å². The number of benzene rings is 2. The normalized spacial score (nSPS) is 12.9. The zero-order chi connectivity index (χ0) is 30.4. The molecule has 0 saturated carbocycles. The van der Waals surface area contributed by atoms with Crippen LogP contribution in [0.1, 0.15) is 71.9 Å². The lowest BCUT2D eigenvalue weighted by Gasteiger charge is -2.19. The molecule has 41 heavy (non-hydrogen) atoms. The van der Waals surface area contributed by atoms with Crippen LogP contribution < -0.4 is 5.90 Å². The van der Waals surface area contributed by atoms with E-state index in [0.717, 1.165) is 0 Å². The fraction of sp³-hybridized carbons (Fsp3) is 0.414. The Hall–Kier alpha value is -3.74. The van der Waals surface area contributed by atoms with Gasteiger partial charge in [0.05, 0.1) is 24.3 Å². The van der Waals surface area contributed by atoms with Gasteiger partial charge in [-0.3, -0.25) is 9.63 Å². The lowest BCUT2D eigenvalue weighted by atomic mass is 9.95. The van der Waals surface area contributed by atoms with Gasteiger partial charge in [0, 0.05) is 30.4 Å². The molecule has 0 bridgehead atoms. The maximum Gasteiger partial charge on any atom is 0.368 e. The maximum absolute atomic E-state index is 14.5. The number of nitrogens with zero attached hydrogens (tertiary/aromatic N) is 3. The lowest BCUT2D eigenvalue weighted by molar-refractivity contribution is -0.657. The predicted octanol–water partition coefficient (Wildman–Crippen LogP) is 3.13. The van der Waals surface area contributed by atoms with Crippen molar-refractivity contribution in [3.8, 4) is 5.69 Å². The van der Waals surface area contributed by atoms with Gasteiger partial charge in [0.15, 0.2) is 17.3 Å². The molecular formula is C29H36F3N4O5+. The van der Waals surface area contributed by atoms with Crippen molar-refractivity contribution in [2.45, 2.75) is 71.1 Å². The summed E-state index contributed by atoms with van der Waals surface area (Å²) in [6.07, 6.45) is -2.17. The molecule has 9 nitrogen and oxygen atoms in total. The van der Waals surface area contributed by atoms with Crippen LogP contribution >= 0.6 is 0 Å². The Morgan fingerprint density at radius 2 is 1.71 bits per heavy atom. The van der Waals surface area contributed by atoms with Crippen LogP contribution in [0.25, 0.3) is 5.69 Å². The molecule has 0 radical (unpaired) electrons. The first-order chi connectivity index (χ1) is 19.3. The molecule has 222 valence electrons. The second kappa shape index (κ2) is 13.7. The largest absolute Gasteiger partial charge is 0.393 e. The van der Waals surface area contributed by atoms with Crippen molar-refractivity contribution >= 4 is 11.9 Å². The van der Waals surface area contributed by atoms with Crippen molar-refractivity contribution in [3.05, 3.63) is 81.9 Å². The van der Waals surface area contributed by atoms with Crippen molar-refractivity contribution < 1.29 is 43.7 Å². The van der Waals surface area contributed by atoms with E-state index in [1.807, 2.05) is 13.8 Å². The molecule has 1 aromatic heterocycles. The van der Waals surface area contributed by atoms with E-state index < -0.39 is 41.5 Å². The zero-order valence-electron chi connectivity index (χ0n) is 23.5. The molecule has 12 heteroatoms. The Morgan fingerprint density at radius 3 is 2.32 bits per heavy atom. The van der Waals surface area contributed by atoms with Gasteiger partial charge in [0.1, 0.15) is 5.82 Å². The quantitative estimate of drug-likeness (QED) is 0.284. The molecule has 2 atom stereocenters. The summed E-state index contributed by atoms with van der Waals surface area (Å²) in [7, 11) is 1.46. The highest BCUT2D eigenvalue weighted by Gasteiger charge is 2.29. The van der Waals surface area contributed by atoms with Gasteiger partial charge in [-0.25, -0.2) is 22.6 Å². The van der Waals surface area contributed by atoms with Gasteiger partial charge in [0.25, 0.3) is 5.91 Å². The van der Waals surface area contributed by atoms with Crippen LogP contribution in [0.2, 0.25) is 0 Å². The highest BCUT2D eigenvalue weighted by Crippen LogP contribution is 2.30. The fourth-order valence-corrected chi connectivity index (χ4v) is 4.65. The minimum Gasteiger partial charge on any atom is -0.393 e. The zero-order valence-corrected chi connectivity index (χ0v) is 23.5. The predicted molar refractivity (Wildman–Crippen MR) is 143 cm³/mol. The first kappa shape index (κ1) is 31.8. The smallest absolute Gasteiger partial charge is 0.368 e. The number of aliphatic hydroxyl groups excluding tert-OH is 2. The Bertz CT molecular complexity index is 1380. The number of quaternary nitrogens is 1. The van der Waals surface area contributed by atoms with E-state index >= 15 is 0 Å². The summed E-state index contributed by atoms with van der Waals surface area (Å²) in [6, 6.07) is 8.38. The number of aromatic nitrogens is 2. The number of rotatable bonds is 12. The van der Waals surface area contributed by atoms with Gasteiger partial charge in [-0.2, -0.15) is 11.0 Å². The average Bonchev–Trinajstić information content (AvgIpc) is 3.31. The minimum absolute atomic E-state index is 0.0117. The number of halogens is 3. The summed E-state index contributed by atoms with van der Waals surface area (Å²) in [5, 5.41) is 25.2. The molecule has 3 aromatic rings. The molecule has 0 fully saturated rings. The molecule has 0 spiro atoms. The number of hydrogen-bond acceptors (Lipinski definition) is 6. The van der Waals surface area contributed by atoms with E-state index in [1.54, 1.807) is 0 Å². The van der Waals surface area contributed by atoms with Gasteiger partial charge in [0.2, 0.25) is 0 Å². The molecule has 0 aliphatic rings. The van der Waals surface area contributed by atoms with Crippen molar-refractivity contribution in [3.63, 3.8) is 0 Å². The third-order valence-corrected chi connectivity index (χ3v) is 6.80. The molecule has 0 saturated heterocycles. The third-order valence-electron chi connectivity index (χ3n) is 6.80. The van der Waals surface area contributed by atoms with Crippen LogP contribution in [0.5, 0.6) is 0 Å². The minimum atomic E-state index is -1.14. The van der Waals surface area contributed by atoms with Crippen molar-refractivity contribution in [1.29, 1.82) is 0 Å². The molecular weight excluding hydrogens is 541 g/mol. The van der Waals surface area contributed by atoms with E-state index in [-0.39, 0.29) is 55.0 Å². The molecule has 3 rings (SSSR count). The van der Waals surface area contributed by atoms with Gasteiger partial charge < -0.3 is 15.1 Å². The third kappa shape index (κ3) is 7.72. The van der Waals surface area contributed by atoms with Crippen LogP contribution in [0, 0.1) is 24.4 Å². The molecule has 0 aliphatic carbocycles. The summed E-state index contributed by atoms with van der Waals surface area (Å²) < 4.78 is 43.9. The number of amides is 1. The molecule has 5 N–H and O–H groups in total. The average molecular weight is 578 g/mol. The van der Waals surface area contributed by atoms with E-state index in [2.05, 4.69) is 15.8 Å². The second-order valence-corrected chi connectivity index (χ2v) is 10.4. The summed E-state index contributed by atoms with van der Waals surface area (Å²) >= 11 is 0. The topological polar surface area (TPSA) is 133 Å². The van der Waals surface area contributed by atoms with Crippen LogP contribution in [-0.2, 0) is 22.6 Å². The monoisotopic (exact) mass is 577 g/mol. The van der Waals surface area contributed by atoms with Gasteiger partial charge in [-0.15, -0.1) is 0 Å². The molecule has 1 heterocycles. The molecule has 0 aliphatic heterocycles. The first-order valence-corrected chi connectivity index (χ1v) is 13.2. The maximum atomic E-state index is 14.5. The van der Waals surface area contributed by atoms with E-state index in [4.69, 9.17) is 0 Å². The van der Waals surface area contributed by atoms with Gasteiger partial charge >= 0.3 is 5.97 Å². The summed E-state index contributed by atoms with van der Waals surface area (Å²) in [6.45, 7) is 4.98. The molecule has 1 amide bonds. The SMILES string of the molecule is Cc1ccc(CN(C)C(=O)c2nn(-c3ccc(F)cc3)c(CCC(O)CC(O)CC(=O)O[NH3+])c2C(C)C)c(F)c1F. The molecule has 2 unspecified atom stereocenters. The highest BCUT2D eigenvalue weighted by molar-refractivity contribution is 5.94. The number of carbonyl (C=O) groups is 2. The second-order valence-electron chi connectivity index (χ2n) is 10.4. The summed E-state index contributed by atoms with van der Waals surface area (Å²) in [4.78, 5) is 30.6. The standard InChI is InChI=1S/C29H36F3N4O5/c1-16(2)25-23(12-11-21(37)13-22(38)14-24(39)41-33)36(20-9-7-19(30)8-10-20)34-28(25)29(40)35(4)15-18-6-5-17(3)26(31)27(18)32/h5-10,16,21-22,37-38H,11-15H2,1-4,33H3/q+1. The number of aliphatic hydroxyl groups is 2. The van der Waals surface area contributed by atoms with Crippen molar-refractivity contribution in [2.75, 3.05) is 7.05 Å². The van der Waals surface area contributed by atoms with E-state index in [1.165, 1.54) is 60.0 Å². The number of aryl methyl sites for hydroxylation is 1. The van der Waals surface area contributed by atoms with Crippen LogP contribution in [0.4, 0.5) is 13.2 Å². The fourth-order valence-electron chi connectivity index (χ4n) is 4.65. The highest BCUT2D eigenvalue weighted by atomic mass is 19.2.